The summed E-state index contributed by atoms with van der Waals surface area (Å²) >= 11 is 3.09. The van der Waals surface area contributed by atoms with Gasteiger partial charge in [0.2, 0.25) is 5.91 Å². The zero-order valence-electron chi connectivity index (χ0n) is 11.3. The van der Waals surface area contributed by atoms with E-state index in [1.54, 1.807) is 4.90 Å². The number of benzene rings is 1. The Hall–Kier alpha value is -1.17. The van der Waals surface area contributed by atoms with E-state index in [1.165, 1.54) is 6.07 Å². The minimum absolute atomic E-state index is 0.00781. The minimum atomic E-state index is -0.711. The highest BCUT2D eigenvalue weighted by Gasteiger charge is 2.21. The molecule has 1 aromatic carbocycles. The molecule has 20 heavy (non-hydrogen) atoms. The van der Waals surface area contributed by atoms with Gasteiger partial charge >= 0.3 is 0 Å². The number of carbonyl (C=O) groups excluding carboxylic acids is 1. The molecular weight excluding hydrogens is 330 g/mol. The molecule has 1 aliphatic heterocycles. The average Bonchev–Trinajstić information content (AvgIpc) is 2.37. The van der Waals surface area contributed by atoms with Crippen molar-refractivity contribution in [2.24, 2.45) is 5.92 Å². The number of hydrogen-bond donors (Lipinski definition) is 1. The molecule has 1 amide bonds. The summed E-state index contributed by atoms with van der Waals surface area (Å²) in [5, 5.41) is 2.74. The van der Waals surface area contributed by atoms with Crippen molar-refractivity contribution in [3.63, 3.8) is 0 Å². The molecule has 0 radical (unpaired) electrons. The molecular formula is C14H17BrF2N2O. The molecule has 1 saturated heterocycles. The molecule has 1 fully saturated rings. The second-order valence-corrected chi connectivity index (χ2v) is 6.04. The third kappa shape index (κ3) is 3.69. The number of halogens is 3. The van der Waals surface area contributed by atoms with E-state index in [4.69, 9.17) is 0 Å². The fourth-order valence-corrected chi connectivity index (χ4v) is 2.95. The van der Waals surface area contributed by atoms with Crippen LogP contribution >= 0.6 is 15.9 Å². The van der Waals surface area contributed by atoms with E-state index < -0.39 is 11.6 Å². The van der Waals surface area contributed by atoms with Crippen molar-refractivity contribution < 1.29 is 13.6 Å². The van der Waals surface area contributed by atoms with Crippen molar-refractivity contribution in [2.75, 3.05) is 25.0 Å². The van der Waals surface area contributed by atoms with Crippen LogP contribution in [-0.4, -0.2) is 30.4 Å². The smallest absolute Gasteiger partial charge is 0.241 e. The van der Waals surface area contributed by atoms with Gasteiger partial charge in [0, 0.05) is 23.6 Å². The fourth-order valence-electron chi connectivity index (χ4n) is 2.40. The number of piperidine rings is 1. The van der Waals surface area contributed by atoms with Crippen LogP contribution in [0.3, 0.4) is 0 Å². The number of rotatable bonds is 3. The third-order valence-corrected chi connectivity index (χ3v) is 4.06. The summed E-state index contributed by atoms with van der Waals surface area (Å²) in [6.45, 7) is 3.61. The summed E-state index contributed by atoms with van der Waals surface area (Å²) in [4.78, 5) is 13.8. The van der Waals surface area contributed by atoms with Crippen molar-refractivity contribution in [3.8, 4) is 0 Å². The third-order valence-electron chi connectivity index (χ3n) is 3.43. The lowest BCUT2D eigenvalue weighted by Crippen LogP contribution is -2.42. The van der Waals surface area contributed by atoms with E-state index in [1.807, 2.05) is 0 Å². The van der Waals surface area contributed by atoms with Crippen molar-refractivity contribution >= 4 is 27.5 Å². The summed E-state index contributed by atoms with van der Waals surface area (Å²) in [5.74, 6) is -0.929. The molecule has 2 rings (SSSR count). The van der Waals surface area contributed by atoms with Gasteiger partial charge < -0.3 is 10.2 Å². The zero-order valence-corrected chi connectivity index (χ0v) is 12.8. The molecule has 0 aromatic heterocycles. The van der Waals surface area contributed by atoms with E-state index in [9.17, 15) is 13.6 Å². The van der Waals surface area contributed by atoms with Gasteiger partial charge in [-0.15, -0.1) is 0 Å². The van der Waals surface area contributed by atoms with Crippen molar-refractivity contribution in [2.45, 2.75) is 19.8 Å². The van der Waals surface area contributed by atoms with Crippen LogP contribution < -0.4 is 5.32 Å². The molecule has 1 atom stereocenters. The Morgan fingerprint density at radius 1 is 1.50 bits per heavy atom. The molecule has 0 spiro atoms. The van der Waals surface area contributed by atoms with Crippen LogP contribution in [-0.2, 0) is 4.79 Å². The lowest BCUT2D eigenvalue weighted by Gasteiger charge is -2.31. The second-order valence-electron chi connectivity index (χ2n) is 5.19. The number of anilines is 1. The largest absolute Gasteiger partial charge is 0.373 e. The van der Waals surface area contributed by atoms with Crippen LogP contribution in [0.15, 0.2) is 16.6 Å². The average molecular weight is 347 g/mol. The van der Waals surface area contributed by atoms with Crippen LogP contribution in [0.1, 0.15) is 19.8 Å². The number of carbonyl (C=O) groups is 1. The van der Waals surface area contributed by atoms with Crippen LogP contribution in [0.25, 0.3) is 0 Å². The first-order valence-corrected chi connectivity index (χ1v) is 7.43. The summed E-state index contributed by atoms with van der Waals surface area (Å²) in [5.41, 5.74) is 0.116. The maximum absolute atomic E-state index is 13.6. The first-order chi connectivity index (χ1) is 9.47. The van der Waals surface area contributed by atoms with E-state index >= 15 is 0 Å². The van der Waals surface area contributed by atoms with E-state index in [2.05, 4.69) is 28.2 Å². The Kier molecular flexibility index (Phi) is 4.96. The molecule has 0 unspecified atom stereocenters. The summed E-state index contributed by atoms with van der Waals surface area (Å²) in [6, 6.07) is 1.96. The Balaban J connectivity index is 1.96. The molecule has 1 aliphatic rings. The highest BCUT2D eigenvalue weighted by Crippen LogP contribution is 2.26. The van der Waals surface area contributed by atoms with Gasteiger partial charge in [-0.2, -0.15) is 0 Å². The molecule has 1 N–H and O–H groups in total. The van der Waals surface area contributed by atoms with Crippen LogP contribution in [0, 0.1) is 17.6 Å². The normalized spacial score (nSPS) is 19.0. The predicted molar refractivity (Wildman–Crippen MR) is 77.5 cm³/mol. The highest BCUT2D eigenvalue weighted by atomic mass is 79.9. The van der Waals surface area contributed by atoms with Gasteiger partial charge in [-0.3, -0.25) is 4.79 Å². The molecule has 3 nitrogen and oxygen atoms in total. The number of nitrogens with one attached hydrogen (secondary N) is 1. The van der Waals surface area contributed by atoms with Gasteiger partial charge in [-0.1, -0.05) is 6.92 Å². The maximum Gasteiger partial charge on any atom is 0.241 e. The van der Waals surface area contributed by atoms with Crippen molar-refractivity contribution in [3.05, 3.63) is 28.2 Å². The van der Waals surface area contributed by atoms with Crippen molar-refractivity contribution in [1.82, 2.24) is 4.90 Å². The van der Waals surface area contributed by atoms with Crippen molar-refractivity contribution in [1.29, 1.82) is 0 Å². The number of likely N-dealkylation sites (tertiary alicyclic amines) is 1. The molecule has 0 bridgehead atoms. The molecule has 1 aromatic rings. The van der Waals surface area contributed by atoms with Gasteiger partial charge in [0.1, 0.15) is 11.6 Å². The van der Waals surface area contributed by atoms with Gasteiger partial charge in [-0.05, 0) is 40.8 Å². The van der Waals surface area contributed by atoms with E-state index in [0.29, 0.717) is 5.92 Å². The Bertz CT molecular complexity index is 487. The Morgan fingerprint density at radius 3 is 2.90 bits per heavy atom. The molecule has 110 valence electrons. The number of amides is 1. The standard InChI is InChI=1S/C14H17BrF2N2O/c1-9-3-2-4-19(8-9)13(20)7-18-14-11(15)5-10(16)6-12(14)17/h5-6,9,18H,2-4,7-8H2,1H3/t9-/m1/s1. The molecule has 1 heterocycles. The first-order valence-electron chi connectivity index (χ1n) is 6.63. The Labute approximate surface area is 125 Å². The number of nitrogens with zero attached hydrogens (tertiary/aromatic N) is 1. The van der Waals surface area contributed by atoms with Gasteiger partial charge in [-0.25, -0.2) is 8.78 Å². The minimum Gasteiger partial charge on any atom is -0.373 e. The van der Waals surface area contributed by atoms with Crippen LogP contribution in [0.2, 0.25) is 0 Å². The highest BCUT2D eigenvalue weighted by molar-refractivity contribution is 9.10. The quantitative estimate of drug-likeness (QED) is 0.909. The summed E-state index contributed by atoms with van der Waals surface area (Å²) in [7, 11) is 0. The SMILES string of the molecule is C[C@@H]1CCCN(C(=O)CNc2c(F)cc(F)cc2Br)C1. The second kappa shape index (κ2) is 6.52. The molecule has 0 aliphatic carbocycles. The van der Waals surface area contributed by atoms with E-state index in [-0.39, 0.29) is 22.6 Å². The lowest BCUT2D eigenvalue weighted by atomic mass is 10.0. The summed E-state index contributed by atoms with van der Waals surface area (Å²) in [6.07, 6.45) is 2.14. The van der Waals surface area contributed by atoms with Gasteiger partial charge in [0.25, 0.3) is 0 Å². The topological polar surface area (TPSA) is 32.3 Å². The summed E-state index contributed by atoms with van der Waals surface area (Å²) < 4.78 is 26.8. The maximum atomic E-state index is 13.6. The Morgan fingerprint density at radius 2 is 2.25 bits per heavy atom. The lowest BCUT2D eigenvalue weighted by molar-refractivity contribution is -0.130. The zero-order chi connectivity index (χ0) is 14.7. The first kappa shape index (κ1) is 15.2. The van der Waals surface area contributed by atoms with Gasteiger partial charge in [0.15, 0.2) is 0 Å². The fraction of sp³-hybridized carbons (Fsp3) is 0.500. The van der Waals surface area contributed by atoms with E-state index in [0.717, 1.165) is 32.0 Å². The van der Waals surface area contributed by atoms with Crippen LogP contribution in [0.4, 0.5) is 14.5 Å². The monoisotopic (exact) mass is 346 g/mol. The van der Waals surface area contributed by atoms with Crippen LogP contribution in [0.5, 0.6) is 0 Å². The molecule has 0 saturated carbocycles. The van der Waals surface area contributed by atoms with Gasteiger partial charge in [0.05, 0.1) is 12.2 Å². The molecule has 6 heteroatoms. The predicted octanol–water partition coefficient (Wildman–Crippen LogP) is 3.40. The number of hydrogen-bond acceptors (Lipinski definition) is 2.